The van der Waals surface area contributed by atoms with Crippen molar-refractivity contribution in [2.45, 2.75) is 6.61 Å². The zero-order chi connectivity index (χ0) is 13.9. The van der Waals surface area contributed by atoms with E-state index in [1.807, 2.05) is 53.1 Å². The van der Waals surface area contributed by atoms with Gasteiger partial charge in [0.25, 0.3) is 0 Å². The Bertz CT molecular complexity index is 740. The summed E-state index contributed by atoms with van der Waals surface area (Å²) in [7, 11) is 1.63. The fraction of sp³-hybridized carbons (Fsp3) is 0.133. The molecule has 2 aromatic heterocycles. The second-order valence-electron chi connectivity index (χ2n) is 4.28. The molecule has 20 heavy (non-hydrogen) atoms. The van der Waals surface area contributed by atoms with Gasteiger partial charge in [0.15, 0.2) is 0 Å². The Morgan fingerprint density at radius 3 is 2.75 bits per heavy atom. The van der Waals surface area contributed by atoms with Gasteiger partial charge in [0.05, 0.1) is 12.8 Å². The number of hydrogen-bond donors (Lipinski definition) is 0. The molecular weight excluding hydrogens is 276 g/mol. The van der Waals surface area contributed by atoms with E-state index in [9.17, 15) is 0 Å². The standard InChI is InChI=1S/C15H13ClN2O2/c1-19-12-4-2-5-13(8-12)20-10-11-9-18-14(16)6-3-7-15(18)17-11/h2-9H,10H2,1H3. The van der Waals surface area contributed by atoms with Crippen LogP contribution in [0.1, 0.15) is 5.69 Å². The Morgan fingerprint density at radius 2 is 1.95 bits per heavy atom. The molecule has 0 atom stereocenters. The lowest BCUT2D eigenvalue weighted by atomic mass is 10.3. The van der Waals surface area contributed by atoms with Crippen LogP contribution in [0.5, 0.6) is 11.5 Å². The van der Waals surface area contributed by atoms with Crippen molar-refractivity contribution in [3.05, 3.63) is 59.5 Å². The van der Waals surface area contributed by atoms with Crippen LogP contribution in [0.2, 0.25) is 5.15 Å². The number of halogens is 1. The SMILES string of the molecule is COc1cccc(OCc2cn3c(Cl)cccc3n2)c1. The Balaban J connectivity index is 1.78. The summed E-state index contributed by atoms with van der Waals surface area (Å²) in [4.78, 5) is 4.45. The first-order valence-electron chi connectivity index (χ1n) is 6.15. The molecule has 0 amide bonds. The van der Waals surface area contributed by atoms with E-state index in [4.69, 9.17) is 21.1 Å². The minimum Gasteiger partial charge on any atom is -0.497 e. The van der Waals surface area contributed by atoms with Crippen molar-refractivity contribution >= 4 is 17.2 Å². The second-order valence-corrected chi connectivity index (χ2v) is 4.66. The summed E-state index contributed by atoms with van der Waals surface area (Å²) in [6.45, 7) is 0.380. The van der Waals surface area contributed by atoms with Crippen LogP contribution in [0, 0.1) is 0 Å². The Hall–Kier alpha value is -2.20. The highest BCUT2D eigenvalue weighted by molar-refractivity contribution is 6.29. The van der Waals surface area contributed by atoms with Gasteiger partial charge in [-0.25, -0.2) is 4.98 Å². The largest absolute Gasteiger partial charge is 0.497 e. The molecule has 4 nitrogen and oxygen atoms in total. The van der Waals surface area contributed by atoms with Crippen LogP contribution in [-0.2, 0) is 6.61 Å². The van der Waals surface area contributed by atoms with Crippen LogP contribution in [0.4, 0.5) is 0 Å². The fourth-order valence-electron chi connectivity index (χ4n) is 1.95. The van der Waals surface area contributed by atoms with Crippen molar-refractivity contribution in [3.63, 3.8) is 0 Å². The van der Waals surface area contributed by atoms with Gasteiger partial charge < -0.3 is 9.47 Å². The molecule has 5 heteroatoms. The summed E-state index contributed by atoms with van der Waals surface area (Å²) in [5.41, 5.74) is 1.63. The van der Waals surface area contributed by atoms with E-state index in [1.165, 1.54) is 0 Å². The van der Waals surface area contributed by atoms with Gasteiger partial charge in [0.1, 0.15) is 28.9 Å². The number of rotatable bonds is 4. The smallest absolute Gasteiger partial charge is 0.138 e. The van der Waals surface area contributed by atoms with E-state index in [1.54, 1.807) is 7.11 Å². The Labute approximate surface area is 121 Å². The molecule has 0 saturated heterocycles. The van der Waals surface area contributed by atoms with E-state index < -0.39 is 0 Å². The third kappa shape index (κ3) is 2.56. The van der Waals surface area contributed by atoms with Gasteiger partial charge in [0, 0.05) is 12.3 Å². The highest BCUT2D eigenvalue weighted by Gasteiger charge is 2.05. The summed E-state index contributed by atoms with van der Waals surface area (Å²) in [5.74, 6) is 1.51. The molecule has 2 heterocycles. The highest BCUT2D eigenvalue weighted by Crippen LogP contribution is 2.20. The molecule has 0 unspecified atom stereocenters. The summed E-state index contributed by atoms with van der Waals surface area (Å²) >= 11 is 6.09. The lowest BCUT2D eigenvalue weighted by molar-refractivity contribution is 0.299. The molecule has 3 rings (SSSR count). The number of imidazole rings is 1. The van der Waals surface area contributed by atoms with Crippen LogP contribution in [0.25, 0.3) is 5.65 Å². The van der Waals surface area contributed by atoms with Gasteiger partial charge in [-0.1, -0.05) is 23.7 Å². The number of hydrogen-bond acceptors (Lipinski definition) is 3. The predicted octanol–water partition coefficient (Wildman–Crippen LogP) is 3.58. The predicted molar refractivity (Wildman–Crippen MR) is 77.5 cm³/mol. The maximum absolute atomic E-state index is 6.09. The molecular formula is C15H13ClN2O2. The van der Waals surface area contributed by atoms with Gasteiger partial charge in [-0.15, -0.1) is 0 Å². The summed E-state index contributed by atoms with van der Waals surface area (Å²) < 4.78 is 12.7. The average Bonchev–Trinajstić information content (AvgIpc) is 2.90. The van der Waals surface area contributed by atoms with Gasteiger partial charge in [-0.3, -0.25) is 4.40 Å². The van der Waals surface area contributed by atoms with E-state index in [0.29, 0.717) is 11.8 Å². The lowest BCUT2D eigenvalue weighted by Crippen LogP contribution is -1.95. The van der Waals surface area contributed by atoms with Crippen LogP contribution in [0.15, 0.2) is 48.7 Å². The minimum absolute atomic E-state index is 0.380. The third-order valence-corrected chi connectivity index (χ3v) is 3.23. The van der Waals surface area contributed by atoms with Crippen LogP contribution >= 0.6 is 11.6 Å². The summed E-state index contributed by atoms with van der Waals surface area (Å²) in [6.07, 6.45) is 1.87. The topological polar surface area (TPSA) is 35.8 Å². The monoisotopic (exact) mass is 288 g/mol. The fourth-order valence-corrected chi connectivity index (χ4v) is 2.15. The van der Waals surface area contributed by atoms with Crippen molar-refractivity contribution in [3.8, 4) is 11.5 Å². The number of pyridine rings is 1. The van der Waals surface area contributed by atoms with Crippen molar-refractivity contribution in [2.24, 2.45) is 0 Å². The molecule has 0 aliphatic rings. The number of benzene rings is 1. The van der Waals surface area contributed by atoms with Gasteiger partial charge in [0.2, 0.25) is 0 Å². The molecule has 0 aliphatic heterocycles. The summed E-state index contributed by atoms with van der Waals surface area (Å²) in [5, 5.41) is 0.627. The lowest BCUT2D eigenvalue weighted by Gasteiger charge is -2.05. The maximum Gasteiger partial charge on any atom is 0.138 e. The van der Waals surface area contributed by atoms with Crippen molar-refractivity contribution in [2.75, 3.05) is 7.11 Å². The molecule has 0 aliphatic carbocycles. The highest BCUT2D eigenvalue weighted by atomic mass is 35.5. The van der Waals surface area contributed by atoms with Gasteiger partial charge in [-0.2, -0.15) is 0 Å². The first kappa shape index (κ1) is 12.8. The zero-order valence-electron chi connectivity index (χ0n) is 10.9. The molecule has 0 fully saturated rings. The Kier molecular flexibility index (Phi) is 3.48. The zero-order valence-corrected chi connectivity index (χ0v) is 11.7. The van der Waals surface area contributed by atoms with Crippen molar-refractivity contribution in [1.82, 2.24) is 9.38 Å². The van der Waals surface area contributed by atoms with Crippen LogP contribution in [-0.4, -0.2) is 16.5 Å². The molecule has 0 bridgehead atoms. The minimum atomic E-state index is 0.380. The van der Waals surface area contributed by atoms with Gasteiger partial charge in [-0.05, 0) is 24.3 Å². The Morgan fingerprint density at radius 1 is 1.15 bits per heavy atom. The number of aromatic nitrogens is 2. The molecule has 0 saturated carbocycles. The molecule has 0 radical (unpaired) electrons. The molecule has 102 valence electrons. The molecule has 0 N–H and O–H groups in total. The molecule has 1 aromatic carbocycles. The van der Waals surface area contributed by atoms with Crippen LogP contribution in [0.3, 0.4) is 0 Å². The normalized spacial score (nSPS) is 10.7. The molecule has 0 spiro atoms. The number of nitrogens with zero attached hydrogens (tertiary/aromatic N) is 2. The van der Waals surface area contributed by atoms with E-state index in [-0.39, 0.29) is 0 Å². The summed E-state index contributed by atoms with van der Waals surface area (Å²) in [6, 6.07) is 13.1. The third-order valence-electron chi connectivity index (χ3n) is 2.92. The first-order chi connectivity index (χ1) is 9.76. The van der Waals surface area contributed by atoms with E-state index in [2.05, 4.69) is 4.98 Å². The van der Waals surface area contributed by atoms with E-state index >= 15 is 0 Å². The second kappa shape index (κ2) is 5.43. The number of methoxy groups -OCH3 is 1. The maximum atomic E-state index is 6.09. The first-order valence-corrected chi connectivity index (χ1v) is 6.53. The van der Waals surface area contributed by atoms with Gasteiger partial charge >= 0.3 is 0 Å². The van der Waals surface area contributed by atoms with Crippen LogP contribution < -0.4 is 9.47 Å². The molecule has 3 aromatic rings. The average molecular weight is 289 g/mol. The van der Waals surface area contributed by atoms with Crippen molar-refractivity contribution < 1.29 is 9.47 Å². The number of fused-ring (bicyclic) bond motifs is 1. The van der Waals surface area contributed by atoms with Crippen molar-refractivity contribution in [1.29, 1.82) is 0 Å². The van der Waals surface area contributed by atoms with E-state index in [0.717, 1.165) is 22.8 Å². The quantitative estimate of drug-likeness (QED) is 0.689. The number of ether oxygens (including phenoxy) is 2.